The minimum Gasteiger partial charge on any atom is -0.456 e. The van der Waals surface area contributed by atoms with Crippen LogP contribution in [0.15, 0.2) is 198 Å². The van der Waals surface area contributed by atoms with Crippen LogP contribution in [0.3, 0.4) is 0 Å². The van der Waals surface area contributed by atoms with Gasteiger partial charge in [-0.3, -0.25) is 0 Å². The van der Waals surface area contributed by atoms with E-state index in [1.54, 1.807) is 12.1 Å². The Labute approximate surface area is 325 Å². The van der Waals surface area contributed by atoms with E-state index in [-0.39, 0.29) is 32.7 Å². The minimum absolute atomic E-state index is 0.0812. The van der Waals surface area contributed by atoms with Crippen LogP contribution in [0.25, 0.3) is 110 Å². The summed E-state index contributed by atoms with van der Waals surface area (Å²) < 4.78 is 122. The van der Waals surface area contributed by atoms with Crippen molar-refractivity contribution in [2.75, 3.05) is 0 Å². The van der Waals surface area contributed by atoms with Crippen molar-refractivity contribution in [2.24, 2.45) is 0 Å². The van der Waals surface area contributed by atoms with Gasteiger partial charge in [0.1, 0.15) is 11.2 Å². The van der Waals surface area contributed by atoms with E-state index in [1.807, 2.05) is 60.7 Å². The summed E-state index contributed by atoms with van der Waals surface area (Å²) in [6.45, 7) is 0. The van der Waals surface area contributed by atoms with Crippen molar-refractivity contribution in [3.63, 3.8) is 0 Å². The van der Waals surface area contributed by atoms with Crippen LogP contribution in [0.4, 0.5) is 0 Å². The van der Waals surface area contributed by atoms with Crippen LogP contribution < -0.4 is 0 Å². The molecule has 0 amide bonds. The summed E-state index contributed by atoms with van der Waals surface area (Å²) >= 11 is 0. The van der Waals surface area contributed by atoms with Gasteiger partial charge in [-0.2, -0.15) is 0 Å². The Kier molecular flexibility index (Phi) is 4.36. The molecule has 0 bridgehead atoms. The molecule has 11 rings (SSSR count). The molecule has 0 saturated carbocycles. The Bertz CT molecular complexity index is 3870. The van der Waals surface area contributed by atoms with Crippen molar-refractivity contribution in [1.29, 1.82) is 0 Å². The van der Waals surface area contributed by atoms with Crippen molar-refractivity contribution >= 4 is 65.0 Å². The molecule has 1 aromatic heterocycles. The monoisotopic (exact) mass is 685 g/mol. The van der Waals surface area contributed by atoms with Crippen molar-refractivity contribution in [2.45, 2.75) is 0 Å². The molecule has 0 radical (unpaired) electrons. The van der Waals surface area contributed by atoms with Gasteiger partial charge in [-0.25, -0.2) is 0 Å². The molecule has 11 aromatic rings. The lowest BCUT2D eigenvalue weighted by Gasteiger charge is -2.18. The topological polar surface area (TPSA) is 13.1 Å². The molecule has 1 nitrogen and oxygen atoms in total. The van der Waals surface area contributed by atoms with Crippen LogP contribution >= 0.6 is 0 Å². The molecule has 0 saturated heterocycles. The maximum Gasteiger partial charge on any atom is 0.136 e. The van der Waals surface area contributed by atoms with Crippen molar-refractivity contribution in [3.05, 3.63) is 194 Å². The summed E-state index contributed by atoms with van der Waals surface area (Å²) in [5.74, 6) is 0. The number of hydrogen-bond acceptors (Lipinski definition) is 1. The predicted molar refractivity (Wildman–Crippen MR) is 225 cm³/mol. The van der Waals surface area contributed by atoms with Crippen molar-refractivity contribution < 1.29 is 22.2 Å². The lowest BCUT2D eigenvalue weighted by molar-refractivity contribution is 0.669. The molecule has 0 N–H and O–H groups in total. The first kappa shape index (κ1) is 19.6. The number of benzene rings is 10. The van der Waals surface area contributed by atoms with Gasteiger partial charge in [0.25, 0.3) is 0 Å². The highest BCUT2D eigenvalue weighted by atomic mass is 16.3. The average molecular weight is 686 g/mol. The fourth-order valence-electron chi connectivity index (χ4n) is 7.82. The van der Waals surface area contributed by atoms with E-state index in [9.17, 15) is 5.48 Å². The van der Waals surface area contributed by atoms with Gasteiger partial charge in [0.15, 0.2) is 0 Å². The van der Waals surface area contributed by atoms with E-state index in [4.69, 9.17) is 16.8 Å². The van der Waals surface area contributed by atoms with Gasteiger partial charge >= 0.3 is 0 Å². The predicted octanol–water partition coefficient (Wildman–Crippen LogP) is 14.9. The Morgan fingerprint density at radius 1 is 0.340 bits per heavy atom. The Morgan fingerprint density at radius 3 is 1.66 bits per heavy atom. The summed E-state index contributed by atoms with van der Waals surface area (Å²) in [5.41, 5.74) is 5.19. The van der Waals surface area contributed by atoms with Crippen LogP contribution in [-0.2, 0) is 0 Å². The van der Waals surface area contributed by atoms with Gasteiger partial charge in [-0.1, -0.05) is 163 Å². The number of fused-ring (bicyclic) bond motifs is 7. The maximum absolute atomic E-state index is 9.30. The van der Waals surface area contributed by atoms with Gasteiger partial charge in [0, 0.05) is 10.8 Å². The largest absolute Gasteiger partial charge is 0.456 e. The second-order valence-corrected chi connectivity index (χ2v) is 13.0. The molecule has 0 spiro atoms. The second-order valence-electron chi connectivity index (χ2n) is 13.0. The van der Waals surface area contributed by atoms with E-state index >= 15 is 0 Å². The van der Waals surface area contributed by atoms with Crippen LogP contribution in [0.5, 0.6) is 0 Å². The maximum atomic E-state index is 9.30. The van der Waals surface area contributed by atoms with Crippen LogP contribution in [-0.4, -0.2) is 0 Å². The van der Waals surface area contributed by atoms with Gasteiger partial charge < -0.3 is 4.42 Å². The van der Waals surface area contributed by atoms with Crippen molar-refractivity contribution in [3.8, 4) is 44.5 Å². The smallest absolute Gasteiger partial charge is 0.136 e. The Morgan fingerprint density at radius 2 is 0.906 bits per heavy atom. The quantitative estimate of drug-likeness (QED) is 0.168. The molecule has 0 fully saturated rings. The molecule has 0 aliphatic carbocycles. The first-order valence-corrected chi connectivity index (χ1v) is 17.2. The molecular formula is C52H32O. The fourth-order valence-corrected chi connectivity index (χ4v) is 7.82. The Hall–Kier alpha value is -6.96. The van der Waals surface area contributed by atoms with E-state index < -0.39 is 84.1 Å². The van der Waals surface area contributed by atoms with Crippen LogP contribution in [0.1, 0.15) is 17.8 Å². The lowest BCUT2D eigenvalue weighted by Crippen LogP contribution is -1.90. The highest BCUT2D eigenvalue weighted by molar-refractivity contribution is 6.22. The third kappa shape index (κ3) is 4.71. The molecule has 10 aromatic carbocycles. The molecule has 0 unspecified atom stereocenters. The minimum atomic E-state index is -0.713. The molecule has 246 valence electrons. The first-order chi connectivity index (χ1) is 31.7. The fraction of sp³-hybridized carbons (Fsp3) is 0. The average Bonchev–Trinajstić information content (AvgIpc) is 3.72. The normalized spacial score (nSPS) is 15.2. The summed E-state index contributed by atoms with van der Waals surface area (Å²) in [7, 11) is 0. The van der Waals surface area contributed by atoms with Gasteiger partial charge in [0.2, 0.25) is 0 Å². The first-order valence-electron chi connectivity index (χ1n) is 23.7. The zero-order chi connectivity index (χ0) is 46.2. The summed E-state index contributed by atoms with van der Waals surface area (Å²) in [4.78, 5) is 0. The second kappa shape index (κ2) is 11.8. The van der Waals surface area contributed by atoms with Crippen LogP contribution in [0.2, 0.25) is 0 Å². The van der Waals surface area contributed by atoms with Crippen LogP contribution in [0, 0.1) is 0 Å². The highest BCUT2D eigenvalue weighted by Gasteiger charge is 2.18. The molecule has 0 atom stereocenters. The van der Waals surface area contributed by atoms with Gasteiger partial charge in [-0.05, 0) is 118 Å². The highest BCUT2D eigenvalue weighted by Crippen LogP contribution is 2.45. The summed E-state index contributed by atoms with van der Waals surface area (Å²) in [6.07, 6.45) is 0. The third-order valence-electron chi connectivity index (χ3n) is 10.2. The van der Waals surface area contributed by atoms with E-state index in [0.717, 1.165) is 65.7 Å². The van der Waals surface area contributed by atoms with Gasteiger partial charge in [0.05, 0.1) is 17.8 Å². The summed E-state index contributed by atoms with van der Waals surface area (Å²) in [6, 6.07) is 29.8. The zero-order valence-electron chi connectivity index (χ0n) is 40.9. The standard InChI is InChI=1S/C52H32O/c1-2-13-34(14-3-1)50-43-17-6-8-19-45(43)51(46-20-9-7-18-44(46)50)39-27-25-35-30-37(26-24-36(35)31-39)42-22-11-23-49-52(42)47-32-38(28-29-48(47)53-49)41-21-10-15-33-12-4-5-16-40(33)41/h1-32H/i1D,2D,3D,6D,7D,8D,9D,13D,14D,17D,18D,19D,20D. The molecule has 0 aliphatic heterocycles. The molecule has 1 heterocycles. The summed E-state index contributed by atoms with van der Waals surface area (Å²) in [5, 5.41) is 4.99. The number of hydrogen-bond donors (Lipinski definition) is 0. The molecular weight excluding hydrogens is 641 g/mol. The van der Waals surface area contributed by atoms with Gasteiger partial charge in [-0.15, -0.1) is 0 Å². The zero-order valence-corrected chi connectivity index (χ0v) is 27.9. The third-order valence-corrected chi connectivity index (χ3v) is 10.2. The van der Waals surface area contributed by atoms with E-state index in [2.05, 4.69) is 42.5 Å². The van der Waals surface area contributed by atoms with E-state index in [0.29, 0.717) is 5.56 Å². The van der Waals surface area contributed by atoms with Crippen molar-refractivity contribution in [1.82, 2.24) is 0 Å². The Balaban J connectivity index is 1.16. The SMILES string of the molecule is [2H]c1c([2H])c([2H])c(-c2c3c([2H])c([2H])c([2H])c([2H])c3c(-c3ccc4cc(-c5cccc6oc7ccc(-c8cccc9ccccc89)cc7c56)ccc4c3)c3c([2H])c([2H])c([2H])c([2H])c23)c([2H])c1[2H]. The molecule has 53 heavy (non-hydrogen) atoms. The van der Waals surface area contributed by atoms with E-state index in [1.165, 1.54) is 0 Å². The molecule has 0 aliphatic rings. The lowest BCUT2D eigenvalue weighted by atomic mass is 9.85. The number of rotatable bonds is 4. The number of furan rings is 1. The molecule has 1 heteroatoms.